The lowest BCUT2D eigenvalue weighted by molar-refractivity contribution is 0.00474. The molecule has 0 saturated carbocycles. The van der Waals surface area contributed by atoms with Crippen LogP contribution in [0.1, 0.15) is 47.0 Å². The first-order chi connectivity index (χ1) is 6.10. The fourth-order valence-electron chi connectivity index (χ4n) is 0.905. The van der Waals surface area contributed by atoms with Crippen molar-refractivity contribution >= 4 is 6.16 Å². The molecule has 0 aromatic carbocycles. The maximum Gasteiger partial charge on any atom is 0.508 e. The van der Waals surface area contributed by atoms with Gasteiger partial charge in [-0.3, -0.25) is 0 Å². The van der Waals surface area contributed by atoms with Crippen LogP contribution in [0.4, 0.5) is 4.79 Å². The Morgan fingerprint density at radius 2 is 1.69 bits per heavy atom. The van der Waals surface area contributed by atoms with Crippen molar-refractivity contribution in [3.63, 3.8) is 0 Å². The molecule has 0 saturated heterocycles. The van der Waals surface area contributed by atoms with Gasteiger partial charge in [0.2, 0.25) is 0 Å². The standard InChI is InChI=1S/C10H20O3/c1-5-7-9(4)13-10(11)12-8(3)6-2/h8-9H,5-7H2,1-4H3/t8-,9+/m0/s1. The highest BCUT2D eigenvalue weighted by Crippen LogP contribution is 2.05. The van der Waals surface area contributed by atoms with E-state index in [9.17, 15) is 4.79 Å². The van der Waals surface area contributed by atoms with Gasteiger partial charge in [0, 0.05) is 0 Å². The Morgan fingerprint density at radius 3 is 2.15 bits per heavy atom. The number of hydrogen-bond acceptors (Lipinski definition) is 3. The van der Waals surface area contributed by atoms with E-state index in [4.69, 9.17) is 9.47 Å². The van der Waals surface area contributed by atoms with Crippen molar-refractivity contribution in [1.29, 1.82) is 0 Å². The van der Waals surface area contributed by atoms with E-state index >= 15 is 0 Å². The van der Waals surface area contributed by atoms with E-state index in [1.807, 2.05) is 20.8 Å². The molecule has 0 fully saturated rings. The number of hydrogen-bond donors (Lipinski definition) is 0. The van der Waals surface area contributed by atoms with Gasteiger partial charge < -0.3 is 9.47 Å². The molecule has 0 spiro atoms. The molecule has 0 aromatic rings. The van der Waals surface area contributed by atoms with Crippen LogP contribution in [-0.2, 0) is 9.47 Å². The van der Waals surface area contributed by atoms with Gasteiger partial charge >= 0.3 is 6.16 Å². The van der Waals surface area contributed by atoms with Gasteiger partial charge in [0.1, 0.15) is 12.2 Å². The van der Waals surface area contributed by atoms with Crippen LogP contribution >= 0.6 is 0 Å². The van der Waals surface area contributed by atoms with Crippen molar-refractivity contribution in [1.82, 2.24) is 0 Å². The van der Waals surface area contributed by atoms with E-state index in [1.165, 1.54) is 0 Å². The minimum absolute atomic E-state index is 0.0402. The van der Waals surface area contributed by atoms with Crippen molar-refractivity contribution in [2.24, 2.45) is 0 Å². The van der Waals surface area contributed by atoms with Crippen molar-refractivity contribution < 1.29 is 14.3 Å². The second-order valence-electron chi connectivity index (χ2n) is 3.30. The summed E-state index contributed by atoms with van der Waals surface area (Å²) in [6.07, 6.45) is 2.07. The topological polar surface area (TPSA) is 35.5 Å². The highest BCUT2D eigenvalue weighted by atomic mass is 16.7. The number of carbonyl (C=O) groups excluding carboxylic acids is 1. The number of carbonyl (C=O) groups is 1. The lowest BCUT2D eigenvalue weighted by Crippen LogP contribution is -2.20. The second kappa shape index (κ2) is 6.75. The molecule has 13 heavy (non-hydrogen) atoms. The molecule has 0 bridgehead atoms. The van der Waals surface area contributed by atoms with E-state index in [-0.39, 0.29) is 12.2 Å². The summed E-state index contributed by atoms with van der Waals surface area (Å²) in [5.74, 6) is 0. The normalized spacial score (nSPS) is 14.8. The fourth-order valence-corrected chi connectivity index (χ4v) is 0.905. The lowest BCUT2D eigenvalue weighted by Gasteiger charge is -2.14. The molecule has 0 amide bonds. The molecule has 0 heterocycles. The Labute approximate surface area is 80.4 Å². The van der Waals surface area contributed by atoms with E-state index in [1.54, 1.807) is 0 Å². The smallest absolute Gasteiger partial charge is 0.431 e. The molecule has 78 valence electrons. The monoisotopic (exact) mass is 188 g/mol. The van der Waals surface area contributed by atoms with Crippen LogP contribution < -0.4 is 0 Å². The van der Waals surface area contributed by atoms with Crippen LogP contribution in [0.2, 0.25) is 0 Å². The molecule has 0 aromatic heterocycles. The predicted molar refractivity (Wildman–Crippen MR) is 51.7 cm³/mol. The maximum atomic E-state index is 11.1. The molecule has 0 N–H and O–H groups in total. The van der Waals surface area contributed by atoms with Crippen LogP contribution in [0, 0.1) is 0 Å². The molecular formula is C10H20O3. The summed E-state index contributed by atoms with van der Waals surface area (Å²) in [4.78, 5) is 11.1. The van der Waals surface area contributed by atoms with Gasteiger partial charge in [0.15, 0.2) is 0 Å². The molecule has 3 nitrogen and oxygen atoms in total. The third kappa shape index (κ3) is 6.43. The highest BCUT2D eigenvalue weighted by Gasteiger charge is 2.12. The Bertz CT molecular complexity index is 145. The molecule has 0 aliphatic rings. The van der Waals surface area contributed by atoms with Gasteiger partial charge in [-0.15, -0.1) is 0 Å². The Hall–Kier alpha value is -0.730. The summed E-state index contributed by atoms with van der Waals surface area (Å²) in [6, 6.07) is 0. The van der Waals surface area contributed by atoms with Crippen molar-refractivity contribution in [3.8, 4) is 0 Å². The second-order valence-corrected chi connectivity index (χ2v) is 3.30. The summed E-state index contributed by atoms with van der Waals surface area (Å²) >= 11 is 0. The zero-order valence-electron chi connectivity index (χ0n) is 9.00. The van der Waals surface area contributed by atoms with Gasteiger partial charge in [-0.1, -0.05) is 20.3 Å². The van der Waals surface area contributed by atoms with E-state index in [0.717, 1.165) is 19.3 Å². The summed E-state index contributed by atoms with van der Waals surface area (Å²) in [5, 5.41) is 0. The van der Waals surface area contributed by atoms with Crippen LogP contribution in [0.15, 0.2) is 0 Å². The Morgan fingerprint density at radius 1 is 1.15 bits per heavy atom. The highest BCUT2D eigenvalue weighted by molar-refractivity contribution is 5.60. The number of rotatable bonds is 5. The molecule has 0 rings (SSSR count). The van der Waals surface area contributed by atoms with Crippen molar-refractivity contribution in [2.75, 3.05) is 0 Å². The van der Waals surface area contributed by atoms with Crippen LogP contribution in [0.5, 0.6) is 0 Å². The van der Waals surface area contributed by atoms with Crippen LogP contribution in [0.3, 0.4) is 0 Å². The van der Waals surface area contributed by atoms with E-state index in [2.05, 4.69) is 6.92 Å². The molecule has 2 atom stereocenters. The largest absolute Gasteiger partial charge is 0.508 e. The van der Waals surface area contributed by atoms with Crippen LogP contribution in [-0.4, -0.2) is 18.4 Å². The van der Waals surface area contributed by atoms with Gasteiger partial charge in [-0.25, -0.2) is 4.79 Å². The summed E-state index contributed by atoms with van der Waals surface area (Å²) in [7, 11) is 0. The van der Waals surface area contributed by atoms with E-state index in [0.29, 0.717) is 0 Å². The van der Waals surface area contributed by atoms with Gasteiger partial charge in [0.25, 0.3) is 0 Å². The van der Waals surface area contributed by atoms with Crippen molar-refractivity contribution in [2.45, 2.75) is 59.2 Å². The quantitative estimate of drug-likeness (QED) is 0.622. The van der Waals surface area contributed by atoms with E-state index < -0.39 is 6.16 Å². The van der Waals surface area contributed by atoms with Gasteiger partial charge in [-0.05, 0) is 26.7 Å². The predicted octanol–water partition coefficient (Wildman–Crippen LogP) is 3.13. The van der Waals surface area contributed by atoms with Crippen LogP contribution in [0.25, 0.3) is 0 Å². The molecule has 0 radical (unpaired) electrons. The minimum Gasteiger partial charge on any atom is -0.431 e. The zero-order chi connectivity index (χ0) is 10.3. The molecule has 0 aliphatic heterocycles. The third-order valence-electron chi connectivity index (χ3n) is 1.86. The minimum atomic E-state index is -0.546. The summed E-state index contributed by atoms with van der Waals surface area (Å²) in [5.41, 5.74) is 0. The molecular weight excluding hydrogens is 168 g/mol. The third-order valence-corrected chi connectivity index (χ3v) is 1.86. The summed E-state index contributed by atoms with van der Waals surface area (Å²) < 4.78 is 9.96. The Kier molecular flexibility index (Phi) is 6.37. The van der Waals surface area contributed by atoms with Gasteiger partial charge in [-0.2, -0.15) is 0 Å². The first kappa shape index (κ1) is 12.3. The molecule has 3 heteroatoms. The summed E-state index contributed by atoms with van der Waals surface area (Å²) in [6.45, 7) is 7.75. The molecule has 0 aliphatic carbocycles. The first-order valence-corrected chi connectivity index (χ1v) is 4.97. The number of ether oxygens (including phenoxy) is 2. The molecule has 0 unspecified atom stereocenters. The SMILES string of the molecule is CCC[C@@H](C)OC(=O)O[C@@H](C)CC. The lowest BCUT2D eigenvalue weighted by atomic mass is 10.2. The van der Waals surface area contributed by atoms with Crippen molar-refractivity contribution in [3.05, 3.63) is 0 Å². The maximum absolute atomic E-state index is 11.1. The average Bonchev–Trinajstić information content (AvgIpc) is 2.04. The fraction of sp³-hybridized carbons (Fsp3) is 0.900. The van der Waals surface area contributed by atoms with Gasteiger partial charge in [0.05, 0.1) is 0 Å². The Balaban J connectivity index is 3.61. The average molecular weight is 188 g/mol. The zero-order valence-corrected chi connectivity index (χ0v) is 9.00. The first-order valence-electron chi connectivity index (χ1n) is 4.97.